The molecule has 0 aromatic carbocycles. The summed E-state index contributed by atoms with van der Waals surface area (Å²) in [5.74, 6) is 4.54. The Morgan fingerprint density at radius 3 is 2.59 bits per heavy atom. The van der Waals surface area contributed by atoms with E-state index in [2.05, 4.69) is 46.9 Å². The summed E-state index contributed by atoms with van der Waals surface area (Å²) in [5, 5.41) is 17.9. The van der Waals surface area contributed by atoms with Crippen LogP contribution >= 0.6 is 11.8 Å². The highest BCUT2D eigenvalue weighted by molar-refractivity contribution is 7.99. The fourth-order valence-corrected chi connectivity index (χ4v) is 10.1. The molecule has 32 heavy (non-hydrogen) atoms. The number of hydrazone groups is 1. The van der Waals surface area contributed by atoms with Gasteiger partial charge in [0.25, 0.3) is 0 Å². The Hall–Kier alpha value is -0.970. The van der Waals surface area contributed by atoms with Crippen molar-refractivity contribution in [3.8, 4) is 0 Å². The third-order valence-corrected chi connectivity index (χ3v) is 10.9. The molecule has 0 aliphatic heterocycles. The molecule has 5 heteroatoms. The number of hydrogen-bond acceptors (Lipinski definition) is 4. The Labute approximate surface area is 199 Å². The molecular formula is C27H44N2O2S. The van der Waals surface area contributed by atoms with Crippen molar-refractivity contribution in [1.82, 2.24) is 5.01 Å². The number of nitrogens with zero attached hydrogens (tertiary/aromatic N) is 2. The predicted octanol–water partition coefficient (Wildman–Crippen LogP) is 6.04. The van der Waals surface area contributed by atoms with Crippen LogP contribution in [-0.2, 0) is 4.79 Å². The Morgan fingerprint density at radius 1 is 1.28 bits per heavy atom. The van der Waals surface area contributed by atoms with Crippen molar-refractivity contribution in [3.05, 3.63) is 11.6 Å². The molecule has 4 aliphatic rings. The van der Waals surface area contributed by atoms with Crippen LogP contribution in [0.15, 0.2) is 16.8 Å². The summed E-state index contributed by atoms with van der Waals surface area (Å²) in [6.45, 7) is 11.4. The topological polar surface area (TPSA) is 52.9 Å². The third-order valence-electron chi connectivity index (χ3n) is 9.63. The first kappa shape index (κ1) is 24.2. The standard InChI is InChI=1S/C27H44N2O2S/c1-17(2)10-11-32-16-26-14-21-19(5)8-9-22(21)25(15-28-29(6)7)13-20(26)12-23(18(3)4)27(25,26)24(30)31/h12,15,17-22H,8-11,13-14,16H2,1-7H3,(H,30,31)/b28-15+/t19?,20?,21?,22?,25?,26?,27-/m0/s1. The molecule has 0 amide bonds. The number of carboxylic acid groups (broad SMARTS) is 1. The lowest BCUT2D eigenvalue weighted by Gasteiger charge is -2.59. The summed E-state index contributed by atoms with van der Waals surface area (Å²) in [7, 11) is 3.92. The third kappa shape index (κ3) is 3.08. The van der Waals surface area contributed by atoms with Crippen LogP contribution < -0.4 is 0 Å². The second-order valence-electron chi connectivity index (χ2n) is 12.2. The van der Waals surface area contributed by atoms with E-state index in [0.717, 1.165) is 30.8 Å². The van der Waals surface area contributed by atoms with Crippen molar-refractivity contribution in [3.63, 3.8) is 0 Å². The van der Waals surface area contributed by atoms with E-state index < -0.39 is 11.4 Å². The molecule has 4 nitrogen and oxygen atoms in total. The number of aliphatic carboxylic acids is 1. The second kappa shape index (κ2) is 8.36. The van der Waals surface area contributed by atoms with Crippen molar-refractivity contribution in [1.29, 1.82) is 0 Å². The van der Waals surface area contributed by atoms with Crippen molar-refractivity contribution in [2.24, 2.45) is 56.9 Å². The SMILES string of the molecule is CC(C)CCSCC12CC3C(C)CCC3C3(/C=N/N(C)C)CC1C=C(C(C)C)[C@]32C(=O)O. The number of carbonyl (C=O) groups is 1. The zero-order valence-corrected chi connectivity index (χ0v) is 22.0. The zero-order chi connectivity index (χ0) is 23.5. The fraction of sp³-hybridized carbons (Fsp3) is 0.852. The molecule has 0 spiro atoms. The maximum atomic E-state index is 13.7. The molecule has 0 radical (unpaired) electrons. The monoisotopic (exact) mass is 460 g/mol. The minimum atomic E-state index is -0.811. The molecule has 4 aliphatic carbocycles. The van der Waals surface area contributed by atoms with Gasteiger partial charge in [0, 0.05) is 36.9 Å². The van der Waals surface area contributed by atoms with Gasteiger partial charge < -0.3 is 10.1 Å². The molecule has 3 saturated carbocycles. The molecule has 3 fully saturated rings. The molecule has 0 heterocycles. The average Bonchev–Trinajstić information content (AvgIpc) is 3.27. The molecule has 0 aromatic rings. The molecule has 0 aromatic heterocycles. The van der Waals surface area contributed by atoms with E-state index >= 15 is 0 Å². The number of thioether (sulfide) groups is 1. The highest BCUT2D eigenvalue weighted by atomic mass is 32.2. The van der Waals surface area contributed by atoms with Crippen molar-refractivity contribution in [2.75, 3.05) is 25.6 Å². The number of carboxylic acids is 1. The quantitative estimate of drug-likeness (QED) is 0.197. The van der Waals surface area contributed by atoms with Crippen molar-refractivity contribution < 1.29 is 9.90 Å². The summed E-state index contributed by atoms with van der Waals surface area (Å²) in [5.41, 5.74) is -0.157. The van der Waals surface area contributed by atoms with E-state index in [9.17, 15) is 9.90 Å². The molecule has 4 rings (SSSR count). The Bertz CT molecular complexity index is 805. The van der Waals surface area contributed by atoms with Crippen LogP contribution in [0.3, 0.4) is 0 Å². The van der Waals surface area contributed by atoms with E-state index in [1.54, 1.807) is 0 Å². The lowest BCUT2D eigenvalue weighted by Crippen LogP contribution is -2.63. The first-order valence-electron chi connectivity index (χ1n) is 12.8. The van der Waals surface area contributed by atoms with Gasteiger partial charge in [0.15, 0.2) is 0 Å². The second-order valence-corrected chi connectivity index (χ2v) is 13.3. The minimum absolute atomic E-state index is 0.182. The van der Waals surface area contributed by atoms with Gasteiger partial charge in [-0.15, -0.1) is 0 Å². The summed E-state index contributed by atoms with van der Waals surface area (Å²) in [6, 6.07) is 0. The van der Waals surface area contributed by atoms with Crippen LogP contribution in [0.4, 0.5) is 0 Å². The number of allylic oxidation sites excluding steroid dienone is 1. The van der Waals surface area contributed by atoms with Gasteiger partial charge in [0.2, 0.25) is 0 Å². The van der Waals surface area contributed by atoms with Gasteiger partial charge in [0.1, 0.15) is 5.41 Å². The maximum absolute atomic E-state index is 13.7. The largest absolute Gasteiger partial charge is 0.481 e. The zero-order valence-electron chi connectivity index (χ0n) is 21.2. The normalized spacial score (nSPS) is 42.2. The number of fused-ring (bicyclic) bond motifs is 2. The molecule has 4 bridgehead atoms. The number of rotatable bonds is 9. The maximum Gasteiger partial charge on any atom is 0.315 e. The van der Waals surface area contributed by atoms with E-state index in [1.807, 2.05) is 30.9 Å². The van der Waals surface area contributed by atoms with Crippen LogP contribution in [0, 0.1) is 51.8 Å². The van der Waals surface area contributed by atoms with E-state index in [0.29, 0.717) is 29.6 Å². The molecule has 7 atom stereocenters. The van der Waals surface area contributed by atoms with Crippen molar-refractivity contribution in [2.45, 2.75) is 66.7 Å². The van der Waals surface area contributed by atoms with E-state index in [4.69, 9.17) is 5.10 Å². The smallest absolute Gasteiger partial charge is 0.315 e. The van der Waals surface area contributed by atoms with Gasteiger partial charge >= 0.3 is 5.97 Å². The lowest BCUT2D eigenvalue weighted by molar-refractivity contribution is -0.168. The molecule has 1 N–H and O–H groups in total. The summed E-state index contributed by atoms with van der Waals surface area (Å²) >= 11 is 2.02. The Morgan fingerprint density at radius 2 is 2.00 bits per heavy atom. The van der Waals surface area contributed by atoms with E-state index in [1.165, 1.54) is 18.4 Å². The van der Waals surface area contributed by atoms with Crippen LogP contribution in [0.5, 0.6) is 0 Å². The molecule has 180 valence electrons. The van der Waals surface area contributed by atoms with Crippen LogP contribution in [0.25, 0.3) is 0 Å². The summed E-state index contributed by atoms with van der Waals surface area (Å²) < 4.78 is 0. The fourth-order valence-electron chi connectivity index (χ4n) is 8.45. The van der Waals surface area contributed by atoms with Crippen LogP contribution in [0.1, 0.15) is 66.7 Å². The molecular weight excluding hydrogens is 416 g/mol. The minimum Gasteiger partial charge on any atom is -0.481 e. The Balaban J connectivity index is 1.88. The Kier molecular flexibility index (Phi) is 6.31. The molecule has 6 unspecified atom stereocenters. The van der Waals surface area contributed by atoms with Crippen molar-refractivity contribution >= 4 is 23.9 Å². The average molecular weight is 461 g/mol. The number of hydrogen-bond donors (Lipinski definition) is 1. The summed E-state index contributed by atoms with van der Waals surface area (Å²) in [6.07, 6.45) is 10.2. The van der Waals surface area contributed by atoms with Gasteiger partial charge in [-0.25, -0.2) is 0 Å². The van der Waals surface area contributed by atoms with Gasteiger partial charge in [0.05, 0.1) is 0 Å². The first-order chi connectivity index (χ1) is 15.0. The predicted molar refractivity (Wildman–Crippen MR) is 135 cm³/mol. The first-order valence-corrected chi connectivity index (χ1v) is 13.9. The highest BCUT2D eigenvalue weighted by Crippen LogP contribution is 2.83. The van der Waals surface area contributed by atoms with Crippen LogP contribution in [0.2, 0.25) is 0 Å². The van der Waals surface area contributed by atoms with Gasteiger partial charge in [-0.1, -0.05) is 52.7 Å². The highest BCUT2D eigenvalue weighted by Gasteiger charge is 2.83. The van der Waals surface area contributed by atoms with Gasteiger partial charge in [-0.3, -0.25) is 4.79 Å². The summed E-state index contributed by atoms with van der Waals surface area (Å²) in [4.78, 5) is 13.7. The van der Waals surface area contributed by atoms with Gasteiger partial charge in [-0.05, 0) is 66.9 Å². The lowest BCUT2D eigenvalue weighted by atomic mass is 9.43. The van der Waals surface area contributed by atoms with E-state index in [-0.39, 0.29) is 16.7 Å². The molecule has 0 saturated heterocycles. The van der Waals surface area contributed by atoms with Gasteiger partial charge in [-0.2, -0.15) is 16.9 Å². The van der Waals surface area contributed by atoms with Crippen LogP contribution in [-0.4, -0.2) is 47.9 Å².